The Hall–Kier alpha value is -1.13. The van der Waals surface area contributed by atoms with Gasteiger partial charge in [-0.25, -0.2) is 0 Å². The maximum atomic E-state index is 5.98. The molecule has 0 aliphatic carbocycles. The maximum Gasteiger partial charge on any atom is 0.127 e. The lowest BCUT2D eigenvalue weighted by atomic mass is 10.2. The molecule has 0 amide bonds. The van der Waals surface area contributed by atoms with Gasteiger partial charge in [-0.3, -0.25) is 9.88 Å². The van der Waals surface area contributed by atoms with Gasteiger partial charge < -0.3 is 10.1 Å². The fraction of sp³-hybridized carbons (Fsp3) is 0.688. The van der Waals surface area contributed by atoms with E-state index in [1.807, 2.05) is 26.2 Å². The molecule has 0 saturated carbocycles. The number of rotatable bonds is 8. The van der Waals surface area contributed by atoms with Crippen LogP contribution in [0.3, 0.4) is 0 Å². The van der Waals surface area contributed by atoms with E-state index in [1.54, 1.807) is 0 Å². The summed E-state index contributed by atoms with van der Waals surface area (Å²) in [7, 11) is 1.93. The number of ether oxygens (including phenoxy) is 1. The fourth-order valence-corrected chi connectivity index (χ4v) is 2.39. The molecule has 4 nitrogen and oxygen atoms in total. The first-order valence-corrected chi connectivity index (χ1v) is 7.44. The lowest BCUT2D eigenvalue weighted by Gasteiger charge is -2.30. The Labute approximate surface area is 123 Å². The minimum Gasteiger partial charge on any atom is -0.492 e. The molecule has 0 aliphatic rings. The average molecular weight is 279 g/mol. The van der Waals surface area contributed by atoms with Gasteiger partial charge in [-0.1, -0.05) is 0 Å². The van der Waals surface area contributed by atoms with Gasteiger partial charge in [0, 0.05) is 48.7 Å². The zero-order valence-corrected chi connectivity index (χ0v) is 13.7. The van der Waals surface area contributed by atoms with Crippen LogP contribution in [-0.2, 0) is 6.54 Å². The summed E-state index contributed by atoms with van der Waals surface area (Å²) in [6.45, 7) is 13.3. The molecule has 1 N–H and O–H groups in total. The highest BCUT2D eigenvalue weighted by atomic mass is 16.5. The van der Waals surface area contributed by atoms with Crippen LogP contribution in [0.2, 0.25) is 0 Å². The number of hydrogen-bond donors (Lipinski definition) is 1. The summed E-state index contributed by atoms with van der Waals surface area (Å²) in [5.74, 6) is 0.944. The van der Waals surface area contributed by atoms with Crippen molar-refractivity contribution in [3.63, 3.8) is 0 Å². The fourth-order valence-electron chi connectivity index (χ4n) is 2.39. The number of nitrogens with zero attached hydrogens (tertiary/aromatic N) is 2. The van der Waals surface area contributed by atoms with Gasteiger partial charge in [0.25, 0.3) is 0 Å². The summed E-state index contributed by atoms with van der Waals surface area (Å²) in [6, 6.07) is 3.09. The molecule has 114 valence electrons. The van der Waals surface area contributed by atoms with Crippen LogP contribution < -0.4 is 10.1 Å². The summed E-state index contributed by atoms with van der Waals surface area (Å²) < 4.78 is 5.98. The lowest BCUT2D eigenvalue weighted by molar-refractivity contribution is 0.141. The third-order valence-electron chi connectivity index (χ3n) is 3.38. The van der Waals surface area contributed by atoms with Gasteiger partial charge >= 0.3 is 0 Å². The molecule has 0 saturated heterocycles. The summed E-state index contributed by atoms with van der Waals surface area (Å²) >= 11 is 0. The number of pyridine rings is 1. The zero-order valence-electron chi connectivity index (χ0n) is 13.7. The van der Waals surface area contributed by atoms with Gasteiger partial charge in [-0.2, -0.15) is 0 Å². The predicted molar refractivity (Wildman–Crippen MR) is 84.2 cm³/mol. The summed E-state index contributed by atoms with van der Waals surface area (Å²) in [4.78, 5) is 6.76. The number of hydrogen-bond acceptors (Lipinski definition) is 4. The van der Waals surface area contributed by atoms with Gasteiger partial charge in [0.1, 0.15) is 12.4 Å². The maximum absolute atomic E-state index is 5.98. The van der Waals surface area contributed by atoms with Crippen molar-refractivity contribution in [1.82, 2.24) is 15.2 Å². The Bertz CT molecular complexity index is 397. The van der Waals surface area contributed by atoms with Crippen LogP contribution in [0.15, 0.2) is 12.3 Å². The first-order valence-electron chi connectivity index (χ1n) is 7.44. The summed E-state index contributed by atoms with van der Waals surface area (Å²) in [5.41, 5.74) is 2.10. The average Bonchev–Trinajstić information content (AvgIpc) is 2.36. The third kappa shape index (κ3) is 5.10. The number of aryl methyl sites for hydroxylation is 1. The molecule has 0 atom stereocenters. The second-order valence-corrected chi connectivity index (χ2v) is 5.74. The van der Waals surface area contributed by atoms with Gasteiger partial charge in [-0.15, -0.1) is 0 Å². The van der Waals surface area contributed by atoms with E-state index >= 15 is 0 Å². The summed E-state index contributed by atoms with van der Waals surface area (Å²) in [6.07, 6.45) is 1.89. The van der Waals surface area contributed by atoms with E-state index in [2.05, 4.69) is 42.9 Å². The molecular weight excluding hydrogens is 250 g/mol. The second kappa shape index (κ2) is 8.22. The standard InChI is InChI=1S/C16H29N3O/c1-12(2)19(13(3)4)7-8-20-16-9-14(5)18-11-15(16)10-17-6/h9,11-13,17H,7-8,10H2,1-6H3. The van der Waals surface area contributed by atoms with Crippen molar-refractivity contribution in [1.29, 1.82) is 0 Å². The van der Waals surface area contributed by atoms with Crippen LogP contribution in [0.1, 0.15) is 39.0 Å². The van der Waals surface area contributed by atoms with Gasteiger partial charge in [0.15, 0.2) is 0 Å². The lowest BCUT2D eigenvalue weighted by Crippen LogP contribution is -2.39. The Morgan fingerprint density at radius 3 is 2.45 bits per heavy atom. The molecule has 0 radical (unpaired) electrons. The van der Waals surface area contributed by atoms with Crippen LogP contribution in [-0.4, -0.2) is 42.2 Å². The van der Waals surface area contributed by atoms with Gasteiger partial charge in [-0.05, 0) is 41.7 Å². The van der Waals surface area contributed by atoms with Crippen LogP contribution in [0, 0.1) is 6.92 Å². The quantitative estimate of drug-likeness (QED) is 0.794. The van der Waals surface area contributed by atoms with Crippen molar-refractivity contribution in [3.8, 4) is 5.75 Å². The molecule has 4 heteroatoms. The van der Waals surface area contributed by atoms with E-state index in [1.165, 1.54) is 0 Å². The predicted octanol–water partition coefficient (Wildman–Crippen LogP) is 2.61. The normalized spacial score (nSPS) is 11.7. The monoisotopic (exact) mass is 279 g/mol. The van der Waals surface area contributed by atoms with Gasteiger partial charge in [0.2, 0.25) is 0 Å². The molecule has 0 aliphatic heterocycles. The number of nitrogens with one attached hydrogen (secondary N) is 1. The van der Waals surface area contributed by atoms with Crippen LogP contribution in [0.5, 0.6) is 5.75 Å². The smallest absolute Gasteiger partial charge is 0.127 e. The molecule has 0 fully saturated rings. The molecule has 1 heterocycles. The molecule has 0 spiro atoms. The van der Waals surface area contributed by atoms with E-state index in [4.69, 9.17) is 4.74 Å². The van der Waals surface area contributed by atoms with Crippen molar-refractivity contribution in [3.05, 3.63) is 23.5 Å². The minimum absolute atomic E-state index is 0.537. The molecule has 0 aromatic carbocycles. The first-order chi connectivity index (χ1) is 9.45. The van der Waals surface area contributed by atoms with E-state index in [9.17, 15) is 0 Å². The van der Waals surface area contributed by atoms with Crippen molar-refractivity contribution >= 4 is 0 Å². The highest BCUT2D eigenvalue weighted by molar-refractivity contribution is 5.32. The van der Waals surface area contributed by atoms with Crippen LogP contribution >= 0.6 is 0 Å². The SMILES string of the molecule is CNCc1cnc(C)cc1OCCN(C(C)C)C(C)C. The molecule has 1 rings (SSSR count). The van der Waals surface area contributed by atoms with Crippen molar-refractivity contribution in [2.45, 2.75) is 53.2 Å². The molecular formula is C16H29N3O. The van der Waals surface area contributed by atoms with Crippen LogP contribution in [0.25, 0.3) is 0 Å². The number of aromatic nitrogens is 1. The molecule has 0 bridgehead atoms. The molecule has 20 heavy (non-hydrogen) atoms. The molecule has 1 aromatic heterocycles. The summed E-state index contributed by atoms with van der Waals surface area (Å²) in [5, 5.41) is 3.15. The minimum atomic E-state index is 0.537. The topological polar surface area (TPSA) is 37.4 Å². The van der Waals surface area contributed by atoms with Gasteiger partial charge in [0.05, 0.1) is 0 Å². The first kappa shape index (κ1) is 16.9. The van der Waals surface area contributed by atoms with Crippen LogP contribution in [0.4, 0.5) is 0 Å². The molecule has 1 aromatic rings. The van der Waals surface area contributed by atoms with Crippen molar-refractivity contribution < 1.29 is 4.74 Å². The van der Waals surface area contributed by atoms with Crippen molar-refractivity contribution in [2.75, 3.05) is 20.2 Å². The Balaban J connectivity index is 2.62. The van der Waals surface area contributed by atoms with E-state index < -0.39 is 0 Å². The Morgan fingerprint density at radius 1 is 1.25 bits per heavy atom. The largest absolute Gasteiger partial charge is 0.492 e. The van der Waals surface area contributed by atoms with Crippen molar-refractivity contribution in [2.24, 2.45) is 0 Å². The molecule has 0 unspecified atom stereocenters. The highest BCUT2D eigenvalue weighted by Gasteiger charge is 2.13. The third-order valence-corrected chi connectivity index (χ3v) is 3.38. The van der Waals surface area contributed by atoms with E-state index in [0.717, 1.165) is 30.1 Å². The Morgan fingerprint density at radius 2 is 1.90 bits per heavy atom. The van der Waals surface area contributed by atoms with E-state index in [-0.39, 0.29) is 0 Å². The Kier molecular flexibility index (Phi) is 6.96. The second-order valence-electron chi connectivity index (χ2n) is 5.74. The zero-order chi connectivity index (χ0) is 15.1. The van der Waals surface area contributed by atoms with E-state index in [0.29, 0.717) is 18.7 Å². The highest BCUT2D eigenvalue weighted by Crippen LogP contribution is 2.18.